The van der Waals surface area contributed by atoms with Crippen molar-refractivity contribution in [3.8, 4) is 5.75 Å². The molecular formula is C19H22ClN3O3. The smallest absolute Gasteiger partial charge is 0.256 e. The van der Waals surface area contributed by atoms with Crippen LogP contribution >= 0.6 is 12.4 Å². The van der Waals surface area contributed by atoms with Crippen LogP contribution in [0.3, 0.4) is 0 Å². The molecule has 2 N–H and O–H groups in total. The number of para-hydroxylation sites is 1. The first-order valence-electron chi connectivity index (χ1n) is 8.17. The molecule has 0 aliphatic carbocycles. The van der Waals surface area contributed by atoms with E-state index >= 15 is 0 Å². The van der Waals surface area contributed by atoms with E-state index in [1.807, 2.05) is 0 Å². The van der Waals surface area contributed by atoms with Gasteiger partial charge in [0.25, 0.3) is 11.8 Å². The Hall–Kier alpha value is -2.73. The van der Waals surface area contributed by atoms with Gasteiger partial charge in [-0.25, -0.2) is 0 Å². The van der Waals surface area contributed by atoms with E-state index in [-0.39, 0.29) is 24.2 Å². The topological polar surface area (TPSA) is 75.9 Å². The molecule has 0 radical (unpaired) electrons. The van der Waals surface area contributed by atoms with Crippen LogP contribution < -0.4 is 10.5 Å². The zero-order chi connectivity index (χ0) is 17.8. The maximum absolute atomic E-state index is 12.6. The third kappa shape index (κ3) is 4.08. The maximum Gasteiger partial charge on any atom is 0.256 e. The second-order valence-corrected chi connectivity index (χ2v) is 5.90. The van der Waals surface area contributed by atoms with E-state index in [0.29, 0.717) is 48.7 Å². The highest BCUT2D eigenvalue weighted by Gasteiger charge is 2.26. The number of nitrogen functional groups attached to an aromatic ring is 1. The van der Waals surface area contributed by atoms with Crippen molar-refractivity contribution in [2.45, 2.75) is 0 Å². The van der Waals surface area contributed by atoms with E-state index in [0.717, 1.165) is 0 Å². The van der Waals surface area contributed by atoms with Crippen LogP contribution in [0, 0.1) is 0 Å². The molecule has 1 aliphatic rings. The first-order chi connectivity index (χ1) is 12.1. The molecule has 138 valence electrons. The molecule has 0 atom stereocenters. The molecule has 1 aliphatic heterocycles. The summed E-state index contributed by atoms with van der Waals surface area (Å²) in [5, 5.41) is 0. The summed E-state index contributed by atoms with van der Waals surface area (Å²) >= 11 is 0. The highest BCUT2D eigenvalue weighted by molar-refractivity contribution is 5.99. The number of hydrogen-bond donors (Lipinski definition) is 1. The minimum Gasteiger partial charge on any atom is -0.497 e. The van der Waals surface area contributed by atoms with E-state index in [1.165, 1.54) is 0 Å². The fraction of sp³-hybridized carbons (Fsp3) is 0.263. The van der Waals surface area contributed by atoms with Crippen molar-refractivity contribution in [3.05, 3.63) is 59.7 Å². The monoisotopic (exact) mass is 375 g/mol. The van der Waals surface area contributed by atoms with Crippen LogP contribution in [-0.2, 0) is 0 Å². The highest BCUT2D eigenvalue weighted by atomic mass is 35.5. The van der Waals surface area contributed by atoms with Gasteiger partial charge in [0.2, 0.25) is 0 Å². The molecule has 2 aromatic carbocycles. The second-order valence-electron chi connectivity index (χ2n) is 5.90. The second kappa shape index (κ2) is 8.58. The summed E-state index contributed by atoms with van der Waals surface area (Å²) in [5.41, 5.74) is 7.49. The molecule has 26 heavy (non-hydrogen) atoms. The van der Waals surface area contributed by atoms with Gasteiger partial charge in [0.05, 0.1) is 12.7 Å². The van der Waals surface area contributed by atoms with Gasteiger partial charge in [-0.2, -0.15) is 0 Å². The van der Waals surface area contributed by atoms with Crippen molar-refractivity contribution in [2.24, 2.45) is 0 Å². The Labute approximate surface area is 158 Å². The number of nitrogens with zero attached hydrogens (tertiary/aromatic N) is 2. The highest BCUT2D eigenvalue weighted by Crippen LogP contribution is 2.17. The van der Waals surface area contributed by atoms with E-state index in [9.17, 15) is 9.59 Å². The third-order valence-corrected chi connectivity index (χ3v) is 4.38. The summed E-state index contributed by atoms with van der Waals surface area (Å²) in [5.74, 6) is 0.594. The number of halogens is 1. The van der Waals surface area contributed by atoms with Crippen molar-refractivity contribution in [1.82, 2.24) is 9.80 Å². The standard InChI is InChI=1S/C19H21N3O3.ClH/c1-25-15-8-6-14(7-9-15)18(23)21-10-12-22(13-11-21)19(24)16-4-2-3-5-17(16)20;/h2-9H,10-13,20H2,1H3;1H. The minimum atomic E-state index is -0.0883. The summed E-state index contributed by atoms with van der Waals surface area (Å²) in [6.45, 7) is 2.00. The number of rotatable bonds is 3. The molecule has 0 spiro atoms. The largest absolute Gasteiger partial charge is 0.497 e. The molecular weight excluding hydrogens is 354 g/mol. The number of anilines is 1. The van der Waals surface area contributed by atoms with Crippen LogP contribution in [0.15, 0.2) is 48.5 Å². The molecule has 2 amide bonds. The van der Waals surface area contributed by atoms with Gasteiger partial charge in [-0.3, -0.25) is 9.59 Å². The zero-order valence-electron chi connectivity index (χ0n) is 14.6. The quantitative estimate of drug-likeness (QED) is 0.835. The Morgan fingerprint density at radius 3 is 1.96 bits per heavy atom. The number of hydrogen-bond acceptors (Lipinski definition) is 4. The molecule has 1 heterocycles. The maximum atomic E-state index is 12.6. The van der Waals surface area contributed by atoms with Gasteiger partial charge < -0.3 is 20.3 Å². The lowest BCUT2D eigenvalue weighted by Gasteiger charge is -2.35. The number of ether oxygens (including phenoxy) is 1. The fourth-order valence-electron chi connectivity index (χ4n) is 2.89. The summed E-state index contributed by atoms with van der Waals surface area (Å²) in [6.07, 6.45) is 0. The molecule has 0 bridgehead atoms. The molecule has 1 saturated heterocycles. The van der Waals surface area contributed by atoms with E-state index in [1.54, 1.807) is 65.4 Å². The molecule has 0 aromatic heterocycles. The Morgan fingerprint density at radius 2 is 1.42 bits per heavy atom. The predicted molar refractivity (Wildman–Crippen MR) is 103 cm³/mol. The van der Waals surface area contributed by atoms with Gasteiger partial charge in [-0.05, 0) is 36.4 Å². The average molecular weight is 376 g/mol. The van der Waals surface area contributed by atoms with Crippen LogP contribution in [0.5, 0.6) is 5.75 Å². The lowest BCUT2D eigenvalue weighted by molar-refractivity contribution is 0.0536. The molecule has 6 nitrogen and oxygen atoms in total. The minimum absolute atomic E-state index is 0. The van der Waals surface area contributed by atoms with Crippen LogP contribution in [0.2, 0.25) is 0 Å². The Bertz CT molecular complexity index is 772. The summed E-state index contributed by atoms with van der Waals surface area (Å²) in [4.78, 5) is 28.6. The number of carbonyl (C=O) groups is 2. The average Bonchev–Trinajstić information content (AvgIpc) is 2.67. The normalized spacial score (nSPS) is 13.7. The molecule has 1 fully saturated rings. The van der Waals surface area contributed by atoms with Crippen molar-refractivity contribution in [2.75, 3.05) is 39.0 Å². The van der Waals surface area contributed by atoms with Gasteiger partial charge in [-0.15, -0.1) is 12.4 Å². The van der Waals surface area contributed by atoms with Crippen LogP contribution in [0.1, 0.15) is 20.7 Å². The van der Waals surface area contributed by atoms with Crippen molar-refractivity contribution >= 4 is 29.9 Å². The van der Waals surface area contributed by atoms with Crippen molar-refractivity contribution < 1.29 is 14.3 Å². The fourth-order valence-corrected chi connectivity index (χ4v) is 2.89. The number of piperazine rings is 1. The third-order valence-electron chi connectivity index (χ3n) is 4.38. The van der Waals surface area contributed by atoms with Crippen LogP contribution in [0.4, 0.5) is 5.69 Å². The van der Waals surface area contributed by atoms with Crippen molar-refractivity contribution in [1.29, 1.82) is 0 Å². The molecule has 0 saturated carbocycles. The van der Waals surface area contributed by atoms with Crippen LogP contribution in [-0.4, -0.2) is 54.9 Å². The van der Waals surface area contributed by atoms with Crippen LogP contribution in [0.25, 0.3) is 0 Å². The number of methoxy groups -OCH3 is 1. The lowest BCUT2D eigenvalue weighted by atomic mass is 10.1. The molecule has 0 unspecified atom stereocenters. The van der Waals surface area contributed by atoms with E-state index < -0.39 is 0 Å². The van der Waals surface area contributed by atoms with Gasteiger partial charge in [0.15, 0.2) is 0 Å². The van der Waals surface area contributed by atoms with Gasteiger partial charge in [0, 0.05) is 37.4 Å². The lowest BCUT2D eigenvalue weighted by Crippen LogP contribution is -2.50. The molecule has 3 rings (SSSR count). The number of benzene rings is 2. The number of nitrogens with two attached hydrogens (primary N) is 1. The van der Waals surface area contributed by atoms with E-state index in [4.69, 9.17) is 10.5 Å². The number of amides is 2. The Kier molecular flexibility index (Phi) is 6.46. The molecule has 2 aromatic rings. The van der Waals surface area contributed by atoms with Crippen molar-refractivity contribution in [3.63, 3.8) is 0 Å². The summed E-state index contributed by atoms with van der Waals surface area (Å²) < 4.78 is 5.11. The van der Waals surface area contributed by atoms with Gasteiger partial charge in [0.1, 0.15) is 5.75 Å². The van der Waals surface area contributed by atoms with Gasteiger partial charge >= 0.3 is 0 Å². The van der Waals surface area contributed by atoms with Gasteiger partial charge in [-0.1, -0.05) is 12.1 Å². The Balaban J connectivity index is 0.00000243. The number of carbonyl (C=O) groups excluding carboxylic acids is 2. The molecule has 7 heteroatoms. The zero-order valence-corrected chi connectivity index (χ0v) is 15.4. The summed E-state index contributed by atoms with van der Waals surface area (Å²) in [6, 6.07) is 14.1. The van der Waals surface area contributed by atoms with E-state index in [2.05, 4.69) is 0 Å². The summed E-state index contributed by atoms with van der Waals surface area (Å²) in [7, 11) is 1.59. The predicted octanol–water partition coefficient (Wildman–Crippen LogP) is 2.30. The first kappa shape index (κ1) is 19.6. The SMILES string of the molecule is COc1ccc(C(=O)N2CCN(C(=O)c3ccccc3N)CC2)cc1.Cl. The first-order valence-corrected chi connectivity index (χ1v) is 8.17. The Morgan fingerprint density at radius 1 is 0.885 bits per heavy atom.